The summed E-state index contributed by atoms with van der Waals surface area (Å²) in [5.74, 6) is -0.540. The second-order valence-corrected chi connectivity index (χ2v) is 5.59. The number of carboxylic acids is 1. The minimum absolute atomic E-state index is 0.158. The molecule has 6 heteroatoms. The third-order valence-electron chi connectivity index (χ3n) is 2.86. The molecule has 3 N–H and O–H groups in total. The zero-order valence-electron chi connectivity index (χ0n) is 11.8. The zero-order valence-corrected chi connectivity index (χ0v) is 12.6. The molecule has 0 aromatic carbocycles. The summed E-state index contributed by atoms with van der Waals surface area (Å²) in [6, 6.07) is -0.925. The van der Waals surface area contributed by atoms with E-state index >= 15 is 0 Å². The fourth-order valence-electron chi connectivity index (χ4n) is 1.49. The van der Waals surface area contributed by atoms with E-state index in [1.54, 1.807) is 0 Å². The lowest BCUT2D eigenvalue weighted by Crippen LogP contribution is -2.32. The van der Waals surface area contributed by atoms with Crippen LogP contribution in [0.2, 0.25) is 0 Å². The number of esters is 1. The predicted molar refractivity (Wildman–Crippen MR) is 77.2 cm³/mol. The van der Waals surface area contributed by atoms with Gasteiger partial charge in [0.15, 0.2) is 0 Å². The van der Waals surface area contributed by atoms with Crippen molar-refractivity contribution in [1.82, 2.24) is 0 Å². The monoisotopic (exact) mass is 291 g/mol. The second kappa shape index (κ2) is 11.1. The fourth-order valence-corrected chi connectivity index (χ4v) is 2.26. The van der Waals surface area contributed by atoms with Crippen LogP contribution in [0.5, 0.6) is 0 Å². The summed E-state index contributed by atoms with van der Waals surface area (Å²) < 4.78 is 5.19. The van der Waals surface area contributed by atoms with Crippen LogP contribution in [0.3, 0.4) is 0 Å². The van der Waals surface area contributed by atoms with Crippen molar-refractivity contribution >= 4 is 23.7 Å². The highest BCUT2D eigenvalue weighted by atomic mass is 32.2. The lowest BCUT2D eigenvalue weighted by molar-refractivity contribution is -0.142. The molecule has 0 saturated carbocycles. The number of aliphatic carboxylic acids is 1. The van der Waals surface area contributed by atoms with Crippen LogP contribution in [0.15, 0.2) is 0 Å². The van der Waals surface area contributed by atoms with Crippen LogP contribution in [-0.4, -0.2) is 41.2 Å². The normalized spacial score (nSPS) is 13.8. The Hall–Kier alpha value is -0.750. The molecule has 1 unspecified atom stereocenters. The summed E-state index contributed by atoms with van der Waals surface area (Å²) in [4.78, 5) is 21.9. The highest BCUT2D eigenvalue weighted by molar-refractivity contribution is 8.00. The van der Waals surface area contributed by atoms with Gasteiger partial charge >= 0.3 is 11.9 Å². The summed E-state index contributed by atoms with van der Waals surface area (Å²) in [6.07, 6.45) is 4.38. The van der Waals surface area contributed by atoms with E-state index in [2.05, 4.69) is 13.8 Å². The van der Waals surface area contributed by atoms with Crippen LogP contribution in [0.4, 0.5) is 0 Å². The lowest BCUT2D eigenvalue weighted by Gasteiger charge is -2.14. The van der Waals surface area contributed by atoms with E-state index in [4.69, 9.17) is 15.6 Å². The topological polar surface area (TPSA) is 89.6 Å². The average molecular weight is 291 g/mol. The first-order chi connectivity index (χ1) is 9.01. The Morgan fingerprint density at radius 1 is 1.37 bits per heavy atom. The number of rotatable bonds is 11. The van der Waals surface area contributed by atoms with Gasteiger partial charge in [0.2, 0.25) is 0 Å². The Bertz CT molecular complexity index is 273. The minimum atomic E-state index is -1.05. The van der Waals surface area contributed by atoms with Crippen molar-refractivity contribution in [2.24, 2.45) is 11.7 Å². The maximum absolute atomic E-state index is 11.5. The predicted octanol–water partition coefficient (Wildman–Crippen LogP) is 1.89. The molecule has 0 aromatic rings. The summed E-state index contributed by atoms with van der Waals surface area (Å²) in [5.41, 5.74) is 5.33. The summed E-state index contributed by atoms with van der Waals surface area (Å²) in [5, 5.41) is 8.58. The molecule has 5 nitrogen and oxygen atoms in total. The molecular weight excluding hydrogens is 266 g/mol. The van der Waals surface area contributed by atoms with Crippen molar-refractivity contribution in [3.05, 3.63) is 0 Å². The first-order valence-corrected chi connectivity index (χ1v) is 7.88. The lowest BCUT2D eigenvalue weighted by atomic mass is 10.0. The molecule has 0 amide bonds. The van der Waals surface area contributed by atoms with E-state index in [1.165, 1.54) is 11.8 Å². The SMILES string of the molecule is CCCCC(CC)COC(=O)CSC[C@H](N)C(=O)O. The van der Waals surface area contributed by atoms with Gasteiger partial charge in [0.05, 0.1) is 12.4 Å². The molecular formula is C13H25NO4S. The number of carbonyl (C=O) groups is 2. The average Bonchev–Trinajstić information content (AvgIpc) is 2.38. The number of unbranched alkanes of at least 4 members (excludes halogenated alkanes) is 1. The summed E-state index contributed by atoms with van der Waals surface area (Å²) in [7, 11) is 0. The van der Waals surface area contributed by atoms with E-state index < -0.39 is 12.0 Å². The highest BCUT2D eigenvalue weighted by Crippen LogP contribution is 2.13. The van der Waals surface area contributed by atoms with Gasteiger partial charge in [-0.2, -0.15) is 0 Å². The van der Waals surface area contributed by atoms with Crippen molar-refractivity contribution in [2.75, 3.05) is 18.1 Å². The molecule has 112 valence electrons. The quantitative estimate of drug-likeness (QED) is 0.565. The van der Waals surface area contributed by atoms with Gasteiger partial charge in [0.1, 0.15) is 6.04 Å². The molecule has 0 bridgehead atoms. The van der Waals surface area contributed by atoms with Crippen LogP contribution in [0.1, 0.15) is 39.5 Å². The fraction of sp³-hybridized carbons (Fsp3) is 0.846. The van der Waals surface area contributed by atoms with Gasteiger partial charge in [-0.1, -0.05) is 33.1 Å². The van der Waals surface area contributed by atoms with Gasteiger partial charge in [-0.3, -0.25) is 9.59 Å². The van der Waals surface area contributed by atoms with Crippen molar-refractivity contribution < 1.29 is 19.4 Å². The first-order valence-electron chi connectivity index (χ1n) is 6.72. The maximum atomic E-state index is 11.5. The Labute approximate surface area is 119 Å². The zero-order chi connectivity index (χ0) is 14.7. The van der Waals surface area contributed by atoms with Gasteiger partial charge in [-0.05, 0) is 12.3 Å². The molecule has 0 aliphatic carbocycles. The minimum Gasteiger partial charge on any atom is -0.480 e. The van der Waals surface area contributed by atoms with Crippen LogP contribution in [0.25, 0.3) is 0 Å². The van der Waals surface area contributed by atoms with Crippen LogP contribution >= 0.6 is 11.8 Å². The number of carbonyl (C=O) groups excluding carboxylic acids is 1. The number of carboxylic acid groups (broad SMARTS) is 1. The summed E-state index contributed by atoms with van der Waals surface area (Å²) in [6.45, 7) is 4.69. The van der Waals surface area contributed by atoms with E-state index in [9.17, 15) is 9.59 Å². The van der Waals surface area contributed by atoms with Crippen LogP contribution in [-0.2, 0) is 14.3 Å². The van der Waals surface area contributed by atoms with Crippen LogP contribution < -0.4 is 5.73 Å². The Balaban J connectivity index is 3.70. The van der Waals surface area contributed by atoms with Gasteiger partial charge in [-0.15, -0.1) is 11.8 Å². The highest BCUT2D eigenvalue weighted by Gasteiger charge is 2.14. The van der Waals surface area contributed by atoms with E-state index in [-0.39, 0.29) is 17.5 Å². The third kappa shape index (κ3) is 9.78. The molecule has 0 fully saturated rings. The van der Waals surface area contributed by atoms with Crippen molar-refractivity contribution in [2.45, 2.75) is 45.6 Å². The molecule has 0 radical (unpaired) electrons. The van der Waals surface area contributed by atoms with Gasteiger partial charge in [0.25, 0.3) is 0 Å². The maximum Gasteiger partial charge on any atom is 0.321 e. The van der Waals surface area contributed by atoms with Gasteiger partial charge in [0, 0.05) is 5.75 Å². The molecule has 0 aliphatic heterocycles. The first kappa shape index (κ1) is 18.2. The second-order valence-electron chi connectivity index (χ2n) is 4.56. The molecule has 0 saturated heterocycles. The van der Waals surface area contributed by atoms with E-state index in [0.717, 1.165) is 25.7 Å². The number of hydrogen-bond acceptors (Lipinski definition) is 5. The van der Waals surface area contributed by atoms with Crippen LogP contribution in [0, 0.1) is 5.92 Å². The Morgan fingerprint density at radius 3 is 2.58 bits per heavy atom. The third-order valence-corrected chi connectivity index (χ3v) is 3.89. The van der Waals surface area contributed by atoms with E-state index in [1.807, 2.05) is 0 Å². The molecule has 0 heterocycles. The number of hydrogen-bond donors (Lipinski definition) is 2. The smallest absolute Gasteiger partial charge is 0.321 e. The Morgan fingerprint density at radius 2 is 2.05 bits per heavy atom. The van der Waals surface area contributed by atoms with Crippen molar-refractivity contribution in [1.29, 1.82) is 0 Å². The Kier molecular flexibility index (Phi) is 10.7. The molecule has 0 aliphatic rings. The number of ether oxygens (including phenoxy) is 1. The van der Waals surface area contributed by atoms with Crippen molar-refractivity contribution in [3.63, 3.8) is 0 Å². The molecule has 19 heavy (non-hydrogen) atoms. The molecule has 0 spiro atoms. The standard InChI is InChI=1S/C13H25NO4S/c1-3-5-6-10(4-2)7-18-12(15)9-19-8-11(14)13(16)17/h10-11H,3-9,14H2,1-2H3,(H,16,17)/t10?,11-/m0/s1. The van der Waals surface area contributed by atoms with Crippen molar-refractivity contribution in [3.8, 4) is 0 Å². The van der Waals surface area contributed by atoms with Gasteiger partial charge in [-0.25, -0.2) is 0 Å². The molecule has 2 atom stereocenters. The number of nitrogens with two attached hydrogens (primary N) is 1. The largest absolute Gasteiger partial charge is 0.480 e. The number of thioether (sulfide) groups is 1. The molecule has 0 rings (SSSR count). The van der Waals surface area contributed by atoms with Gasteiger partial charge < -0.3 is 15.6 Å². The molecule has 0 aromatic heterocycles. The van der Waals surface area contributed by atoms with E-state index in [0.29, 0.717) is 12.5 Å². The summed E-state index contributed by atoms with van der Waals surface area (Å²) >= 11 is 1.19.